The lowest BCUT2D eigenvalue weighted by Gasteiger charge is -2.09. The number of carbonyl (C=O) groups excluding carboxylic acids is 1. The molecule has 0 amide bonds. The third kappa shape index (κ3) is 2.01. The summed E-state index contributed by atoms with van der Waals surface area (Å²) >= 11 is 8.91. The van der Waals surface area contributed by atoms with Gasteiger partial charge >= 0.3 is 0 Å². The highest BCUT2D eigenvalue weighted by Gasteiger charge is 2.15. The van der Waals surface area contributed by atoms with Gasteiger partial charge in [-0.15, -0.1) is 0 Å². The molecule has 1 aromatic carbocycles. The SMILES string of the molecule is CCOc1cc(Cl)c(Br)c(C=O)c1O. The van der Waals surface area contributed by atoms with Gasteiger partial charge in [0.05, 0.1) is 21.7 Å². The fourth-order valence-electron chi connectivity index (χ4n) is 0.985. The molecule has 0 aliphatic rings. The predicted octanol–water partition coefficient (Wildman–Crippen LogP) is 3.02. The first-order valence-corrected chi connectivity index (χ1v) is 5.07. The number of ether oxygens (including phenoxy) is 1. The summed E-state index contributed by atoms with van der Waals surface area (Å²) in [6.45, 7) is 2.17. The molecule has 0 spiro atoms. The van der Waals surface area contributed by atoms with E-state index >= 15 is 0 Å². The maximum absolute atomic E-state index is 10.7. The molecule has 0 saturated carbocycles. The van der Waals surface area contributed by atoms with Gasteiger partial charge in [0.2, 0.25) is 0 Å². The smallest absolute Gasteiger partial charge is 0.169 e. The van der Waals surface area contributed by atoms with Gasteiger partial charge in [0, 0.05) is 6.07 Å². The molecule has 0 radical (unpaired) electrons. The third-order valence-corrected chi connectivity index (χ3v) is 2.99. The molecule has 0 aliphatic carbocycles. The van der Waals surface area contributed by atoms with Gasteiger partial charge < -0.3 is 9.84 Å². The second-order valence-corrected chi connectivity index (χ2v) is 3.68. The summed E-state index contributed by atoms with van der Waals surface area (Å²) in [6.07, 6.45) is 0.522. The first-order chi connectivity index (χ1) is 6.61. The average Bonchev–Trinajstić information content (AvgIpc) is 2.16. The van der Waals surface area contributed by atoms with Crippen LogP contribution < -0.4 is 4.74 Å². The first-order valence-electron chi connectivity index (χ1n) is 3.90. The van der Waals surface area contributed by atoms with Crippen LogP contribution in [0.5, 0.6) is 11.5 Å². The van der Waals surface area contributed by atoms with Crippen molar-refractivity contribution in [2.24, 2.45) is 0 Å². The second kappa shape index (κ2) is 4.66. The Morgan fingerprint density at radius 3 is 2.86 bits per heavy atom. The van der Waals surface area contributed by atoms with Crippen molar-refractivity contribution in [3.05, 3.63) is 21.1 Å². The Bertz CT molecular complexity index is 366. The van der Waals surface area contributed by atoms with Gasteiger partial charge in [0.25, 0.3) is 0 Å². The number of aromatic hydroxyl groups is 1. The molecule has 0 bridgehead atoms. The highest BCUT2D eigenvalue weighted by atomic mass is 79.9. The number of benzene rings is 1. The standard InChI is InChI=1S/C9H8BrClO3/c1-2-14-7-3-6(11)8(10)5(4-12)9(7)13/h3-4,13H,2H2,1H3. The van der Waals surface area contributed by atoms with E-state index in [-0.39, 0.29) is 17.1 Å². The zero-order valence-corrected chi connectivity index (χ0v) is 9.72. The minimum absolute atomic E-state index is 0.0981. The molecule has 1 rings (SSSR count). The maximum Gasteiger partial charge on any atom is 0.169 e. The van der Waals surface area contributed by atoms with E-state index in [0.717, 1.165) is 0 Å². The zero-order chi connectivity index (χ0) is 10.7. The normalized spacial score (nSPS) is 9.93. The Morgan fingerprint density at radius 1 is 1.71 bits per heavy atom. The molecule has 1 N–H and O–H groups in total. The number of phenolic OH excluding ortho intramolecular Hbond substituents is 1. The summed E-state index contributed by atoms with van der Waals surface area (Å²) in [4.78, 5) is 10.7. The van der Waals surface area contributed by atoms with Gasteiger partial charge in [-0.2, -0.15) is 0 Å². The molecule has 0 aromatic heterocycles. The Morgan fingerprint density at radius 2 is 2.36 bits per heavy atom. The maximum atomic E-state index is 10.7. The lowest BCUT2D eigenvalue weighted by atomic mass is 10.2. The van der Waals surface area contributed by atoms with Gasteiger partial charge in [-0.05, 0) is 22.9 Å². The van der Waals surface area contributed by atoms with Crippen molar-refractivity contribution in [2.45, 2.75) is 6.92 Å². The minimum atomic E-state index is -0.196. The molecule has 0 aliphatic heterocycles. The fourth-order valence-corrected chi connectivity index (χ4v) is 1.58. The molecule has 14 heavy (non-hydrogen) atoms. The first kappa shape index (κ1) is 11.3. The molecular weight excluding hydrogens is 271 g/mol. The quantitative estimate of drug-likeness (QED) is 0.865. The van der Waals surface area contributed by atoms with Gasteiger partial charge in [0.1, 0.15) is 0 Å². The van der Waals surface area contributed by atoms with Crippen LogP contribution in [0.1, 0.15) is 17.3 Å². The van der Waals surface area contributed by atoms with E-state index in [2.05, 4.69) is 15.9 Å². The lowest BCUT2D eigenvalue weighted by molar-refractivity contribution is 0.111. The molecule has 5 heteroatoms. The molecule has 1 aromatic rings. The van der Waals surface area contributed by atoms with Crippen LogP contribution >= 0.6 is 27.5 Å². The van der Waals surface area contributed by atoms with E-state index in [1.165, 1.54) is 6.07 Å². The van der Waals surface area contributed by atoms with E-state index in [9.17, 15) is 9.90 Å². The summed E-state index contributed by atoms with van der Waals surface area (Å²) in [7, 11) is 0. The third-order valence-electron chi connectivity index (χ3n) is 1.61. The number of halogens is 2. The van der Waals surface area contributed by atoms with Crippen LogP contribution in [-0.4, -0.2) is 18.0 Å². The van der Waals surface area contributed by atoms with Crippen molar-refractivity contribution in [3.63, 3.8) is 0 Å². The van der Waals surface area contributed by atoms with E-state index < -0.39 is 0 Å². The van der Waals surface area contributed by atoms with Gasteiger partial charge in [-0.1, -0.05) is 11.6 Å². The molecule has 0 heterocycles. The summed E-state index contributed by atoms with van der Waals surface area (Å²) in [5, 5.41) is 9.91. The molecule has 3 nitrogen and oxygen atoms in total. The summed E-state index contributed by atoms with van der Waals surface area (Å²) in [6, 6.07) is 1.46. The lowest BCUT2D eigenvalue weighted by Crippen LogP contribution is -1.95. The molecule has 0 unspecified atom stereocenters. The Kier molecular flexibility index (Phi) is 3.77. The van der Waals surface area contributed by atoms with Crippen molar-refractivity contribution >= 4 is 33.8 Å². The van der Waals surface area contributed by atoms with Crippen LogP contribution in [0.3, 0.4) is 0 Å². The van der Waals surface area contributed by atoms with E-state index in [0.29, 0.717) is 22.4 Å². The predicted molar refractivity (Wildman–Crippen MR) is 57.4 cm³/mol. The van der Waals surface area contributed by atoms with Crippen molar-refractivity contribution < 1.29 is 14.6 Å². The molecular formula is C9H8BrClO3. The fraction of sp³-hybridized carbons (Fsp3) is 0.222. The highest BCUT2D eigenvalue weighted by Crippen LogP contribution is 2.39. The van der Waals surface area contributed by atoms with Crippen LogP contribution in [-0.2, 0) is 0 Å². The van der Waals surface area contributed by atoms with E-state index in [4.69, 9.17) is 16.3 Å². The Balaban J connectivity index is 3.34. The van der Waals surface area contributed by atoms with E-state index in [1.54, 1.807) is 6.92 Å². The summed E-state index contributed by atoms with van der Waals surface area (Å²) in [5.41, 5.74) is 0.0981. The van der Waals surface area contributed by atoms with Crippen molar-refractivity contribution in [3.8, 4) is 11.5 Å². The molecule has 0 saturated heterocycles. The van der Waals surface area contributed by atoms with Crippen molar-refractivity contribution in [1.29, 1.82) is 0 Å². The number of aldehydes is 1. The van der Waals surface area contributed by atoms with Crippen LogP contribution in [0, 0.1) is 0 Å². The van der Waals surface area contributed by atoms with Crippen molar-refractivity contribution in [2.75, 3.05) is 6.61 Å². The topological polar surface area (TPSA) is 46.5 Å². The number of hydrogen-bond acceptors (Lipinski definition) is 3. The molecule has 76 valence electrons. The highest BCUT2D eigenvalue weighted by molar-refractivity contribution is 9.10. The minimum Gasteiger partial charge on any atom is -0.504 e. The summed E-state index contributed by atoms with van der Waals surface area (Å²) in [5.74, 6) is 0.0147. The molecule has 0 atom stereocenters. The zero-order valence-electron chi connectivity index (χ0n) is 7.38. The van der Waals surface area contributed by atoms with Crippen LogP contribution in [0.2, 0.25) is 5.02 Å². The second-order valence-electron chi connectivity index (χ2n) is 2.48. The average molecular weight is 280 g/mol. The molecule has 0 fully saturated rings. The monoisotopic (exact) mass is 278 g/mol. The largest absolute Gasteiger partial charge is 0.504 e. The Hall–Kier alpha value is -0.740. The van der Waals surface area contributed by atoms with Gasteiger partial charge in [-0.3, -0.25) is 4.79 Å². The number of carbonyl (C=O) groups is 1. The number of phenols is 1. The van der Waals surface area contributed by atoms with Gasteiger partial charge in [-0.25, -0.2) is 0 Å². The number of rotatable bonds is 3. The van der Waals surface area contributed by atoms with Crippen LogP contribution in [0.25, 0.3) is 0 Å². The van der Waals surface area contributed by atoms with Gasteiger partial charge in [0.15, 0.2) is 17.8 Å². The summed E-state index contributed by atoms with van der Waals surface area (Å²) < 4.78 is 5.47. The number of hydrogen-bond donors (Lipinski definition) is 1. The Labute approximate surface area is 94.8 Å². The van der Waals surface area contributed by atoms with E-state index in [1.807, 2.05) is 0 Å². The van der Waals surface area contributed by atoms with Crippen LogP contribution in [0.4, 0.5) is 0 Å². The van der Waals surface area contributed by atoms with Crippen LogP contribution in [0.15, 0.2) is 10.5 Å². The van der Waals surface area contributed by atoms with Crippen molar-refractivity contribution in [1.82, 2.24) is 0 Å².